The molecule has 2 heterocycles. The molecule has 0 unspecified atom stereocenters. The second kappa shape index (κ2) is 10.4. The van der Waals surface area contributed by atoms with Gasteiger partial charge in [-0.25, -0.2) is 4.98 Å². The molecule has 2 aromatic carbocycles. The van der Waals surface area contributed by atoms with Crippen molar-refractivity contribution >= 4 is 33.5 Å². The van der Waals surface area contributed by atoms with Gasteiger partial charge < -0.3 is 10.1 Å². The summed E-state index contributed by atoms with van der Waals surface area (Å²) < 4.78 is 46.2. The molecule has 0 atom stereocenters. The van der Waals surface area contributed by atoms with E-state index in [1.54, 1.807) is 17.4 Å². The van der Waals surface area contributed by atoms with Gasteiger partial charge in [0.15, 0.2) is 5.13 Å². The van der Waals surface area contributed by atoms with Gasteiger partial charge in [-0.15, -0.1) is 22.7 Å². The van der Waals surface area contributed by atoms with Gasteiger partial charge in [0.25, 0.3) is 0 Å². The lowest BCUT2D eigenvalue weighted by molar-refractivity contribution is -0.138. The normalized spacial score (nSPS) is 11.5. The molecule has 4 aromatic rings. The fourth-order valence-electron chi connectivity index (χ4n) is 3.29. The zero-order valence-corrected chi connectivity index (χ0v) is 19.6. The quantitative estimate of drug-likeness (QED) is 0.239. The van der Waals surface area contributed by atoms with Crippen LogP contribution < -0.4 is 10.1 Å². The van der Waals surface area contributed by atoms with E-state index in [1.807, 2.05) is 36.6 Å². The lowest BCUT2D eigenvalue weighted by Gasteiger charge is -2.15. The molecule has 0 fully saturated rings. The van der Waals surface area contributed by atoms with Gasteiger partial charge in [-0.3, -0.25) is 0 Å². The standard InChI is InChI=1S/C25H23F3N2OS2/c1-2-3-7-14-31-21-11-10-18(15-19(21)25(26,27)28)29-24-30-20(16-32-24)23-13-12-22(33-23)17-8-5-4-6-9-17/h4-6,8-13,15-16H,2-3,7,14H2,1H3,(H,29,30). The molecule has 0 bridgehead atoms. The summed E-state index contributed by atoms with van der Waals surface area (Å²) in [5.74, 6) is -0.143. The minimum absolute atomic E-state index is 0.143. The van der Waals surface area contributed by atoms with Crippen molar-refractivity contribution in [1.29, 1.82) is 0 Å². The Bertz CT molecular complexity index is 1190. The summed E-state index contributed by atoms with van der Waals surface area (Å²) in [5, 5.41) is 5.44. The number of nitrogens with zero attached hydrogens (tertiary/aromatic N) is 1. The Hall–Kier alpha value is -2.84. The van der Waals surface area contributed by atoms with Crippen LogP contribution in [0.2, 0.25) is 0 Å². The van der Waals surface area contributed by atoms with E-state index in [4.69, 9.17) is 4.74 Å². The summed E-state index contributed by atoms with van der Waals surface area (Å²) in [6.45, 7) is 2.30. The van der Waals surface area contributed by atoms with Crippen LogP contribution in [0.5, 0.6) is 5.75 Å². The van der Waals surface area contributed by atoms with Crippen molar-refractivity contribution in [3.8, 4) is 26.8 Å². The molecular weight excluding hydrogens is 465 g/mol. The lowest BCUT2D eigenvalue weighted by atomic mass is 10.1. The van der Waals surface area contributed by atoms with E-state index in [2.05, 4.69) is 28.5 Å². The highest BCUT2D eigenvalue weighted by molar-refractivity contribution is 7.19. The van der Waals surface area contributed by atoms with Crippen LogP contribution in [0.1, 0.15) is 31.7 Å². The van der Waals surface area contributed by atoms with E-state index in [9.17, 15) is 13.2 Å². The van der Waals surface area contributed by atoms with E-state index < -0.39 is 11.7 Å². The van der Waals surface area contributed by atoms with Crippen molar-refractivity contribution in [2.45, 2.75) is 32.4 Å². The molecule has 3 nitrogen and oxygen atoms in total. The molecule has 0 saturated heterocycles. The summed E-state index contributed by atoms with van der Waals surface area (Å²) in [7, 11) is 0. The first-order valence-electron chi connectivity index (χ1n) is 10.7. The second-order valence-electron chi connectivity index (χ2n) is 7.46. The fourth-order valence-corrected chi connectivity index (χ4v) is 5.07. The maximum atomic E-state index is 13.6. The summed E-state index contributed by atoms with van der Waals surface area (Å²) >= 11 is 2.98. The number of aromatic nitrogens is 1. The third-order valence-electron chi connectivity index (χ3n) is 4.96. The number of benzene rings is 2. The Balaban J connectivity index is 1.49. The summed E-state index contributed by atoms with van der Waals surface area (Å²) in [4.78, 5) is 6.71. The monoisotopic (exact) mass is 488 g/mol. The van der Waals surface area contributed by atoms with E-state index in [0.717, 1.165) is 46.3 Å². The SMILES string of the molecule is CCCCCOc1ccc(Nc2nc(-c3ccc(-c4ccccc4)s3)cs2)cc1C(F)(F)F. The van der Waals surface area contributed by atoms with Crippen molar-refractivity contribution in [1.82, 2.24) is 4.98 Å². The number of thiophene rings is 1. The predicted molar refractivity (Wildman–Crippen MR) is 131 cm³/mol. The van der Waals surface area contributed by atoms with Gasteiger partial charge in [0.1, 0.15) is 5.75 Å². The zero-order chi connectivity index (χ0) is 23.3. The summed E-state index contributed by atoms with van der Waals surface area (Å²) in [6.07, 6.45) is -1.88. The number of unbranched alkanes of at least 4 members (excludes halogenated alkanes) is 2. The highest BCUT2D eigenvalue weighted by Gasteiger charge is 2.34. The Labute approximate surface area is 198 Å². The van der Waals surface area contributed by atoms with Crippen LogP contribution >= 0.6 is 22.7 Å². The van der Waals surface area contributed by atoms with Crippen molar-refractivity contribution < 1.29 is 17.9 Å². The Morgan fingerprint density at radius 2 is 1.76 bits per heavy atom. The molecule has 0 saturated carbocycles. The Morgan fingerprint density at radius 1 is 0.970 bits per heavy atom. The molecule has 172 valence electrons. The highest BCUT2D eigenvalue weighted by atomic mass is 32.1. The van der Waals surface area contributed by atoms with Crippen LogP contribution in [-0.2, 0) is 6.18 Å². The first-order valence-corrected chi connectivity index (χ1v) is 12.4. The summed E-state index contributed by atoms with van der Waals surface area (Å²) in [5.41, 5.74) is 1.47. The average molecular weight is 489 g/mol. The van der Waals surface area contributed by atoms with Crippen LogP contribution in [0.15, 0.2) is 66.0 Å². The first-order chi connectivity index (χ1) is 15.9. The topological polar surface area (TPSA) is 34.1 Å². The average Bonchev–Trinajstić information content (AvgIpc) is 3.47. The lowest BCUT2D eigenvalue weighted by Crippen LogP contribution is -2.10. The second-order valence-corrected chi connectivity index (χ2v) is 9.40. The van der Waals surface area contributed by atoms with Gasteiger partial charge in [0.05, 0.1) is 22.7 Å². The zero-order valence-electron chi connectivity index (χ0n) is 18.0. The number of halogens is 3. The number of anilines is 2. The molecule has 0 spiro atoms. The molecule has 0 aliphatic heterocycles. The van der Waals surface area contributed by atoms with Crippen LogP contribution in [0.25, 0.3) is 21.0 Å². The van der Waals surface area contributed by atoms with Crippen LogP contribution in [0.3, 0.4) is 0 Å². The number of rotatable bonds is 9. The third-order valence-corrected chi connectivity index (χ3v) is 6.88. The largest absolute Gasteiger partial charge is 0.493 e. The van der Waals surface area contributed by atoms with Gasteiger partial charge in [-0.05, 0) is 42.3 Å². The molecule has 33 heavy (non-hydrogen) atoms. The number of ether oxygens (including phenoxy) is 1. The van der Waals surface area contributed by atoms with E-state index in [0.29, 0.717) is 10.8 Å². The van der Waals surface area contributed by atoms with Crippen molar-refractivity contribution in [3.05, 3.63) is 71.6 Å². The maximum Gasteiger partial charge on any atom is 0.420 e. The van der Waals surface area contributed by atoms with E-state index >= 15 is 0 Å². The van der Waals surface area contributed by atoms with Crippen LogP contribution in [-0.4, -0.2) is 11.6 Å². The van der Waals surface area contributed by atoms with Crippen molar-refractivity contribution in [2.75, 3.05) is 11.9 Å². The smallest absolute Gasteiger partial charge is 0.420 e. The van der Waals surface area contributed by atoms with Crippen molar-refractivity contribution in [3.63, 3.8) is 0 Å². The van der Waals surface area contributed by atoms with Gasteiger partial charge in [0, 0.05) is 15.9 Å². The molecule has 0 aliphatic carbocycles. The van der Waals surface area contributed by atoms with E-state index in [-0.39, 0.29) is 12.4 Å². The molecule has 0 aliphatic rings. The van der Waals surface area contributed by atoms with E-state index in [1.165, 1.54) is 17.4 Å². The number of nitrogens with one attached hydrogen (secondary N) is 1. The minimum Gasteiger partial charge on any atom is -0.493 e. The van der Waals surface area contributed by atoms with Gasteiger partial charge in [0.2, 0.25) is 0 Å². The van der Waals surface area contributed by atoms with Gasteiger partial charge >= 0.3 is 6.18 Å². The number of hydrogen-bond acceptors (Lipinski definition) is 5. The van der Waals surface area contributed by atoms with Crippen LogP contribution in [0.4, 0.5) is 24.0 Å². The molecule has 8 heteroatoms. The summed E-state index contributed by atoms with van der Waals surface area (Å²) in [6, 6.07) is 18.2. The fraction of sp³-hybridized carbons (Fsp3) is 0.240. The number of thiazole rings is 1. The first kappa shape index (κ1) is 23.3. The maximum absolute atomic E-state index is 13.6. The third kappa shape index (κ3) is 5.94. The molecule has 0 amide bonds. The molecule has 1 N–H and O–H groups in total. The van der Waals surface area contributed by atoms with Gasteiger partial charge in [-0.2, -0.15) is 13.2 Å². The number of alkyl halides is 3. The molecule has 0 radical (unpaired) electrons. The number of hydrogen-bond donors (Lipinski definition) is 1. The van der Waals surface area contributed by atoms with Crippen LogP contribution in [0, 0.1) is 0 Å². The molecule has 4 rings (SSSR count). The van der Waals surface area contributed by atoms with Gasteiger partial charge in [-0.1, -0.05) is 50.1 Å². The Morgan fingerprint density at radius 3 is 2.52 bits per heavy atom. The molecule has 2 aromatic heterocycles. The minimum atomic E-state index is -4.50. The molecular formula is C25H23F3N2OS2. The van der Waals surface area contributed by atoms with Crippen molar-refractivity contribution in [2.24, 2.45) is 0 Å². The Kier molecular flexibility index (Phi) is 7.35. The predicted octanol–water partition coefficient (Wildman–Crippen LogP) is 8.87. The highest BCUT2D eigenvalue weighted by Crippen LogP contribution is 2.40.